The number of para-hydroxylation sites is 1. The van der Waals surface area contributed by atoms with Gasteiger partial charge in [-0.1, -0.05) is 55.5 Å². The van der Waals surface area contributed by atoms with Crippen LogP contribution in [0.5, 0.6) is 0 Å². The van der Waals surface area contributed by atoms with Gasteiger partial charge < -0.3 is 9.64 Å². The molecule has 1 aromatic heterocycles. The Hall–Kier alpha value is -3.48. The van der Waals surface area contributed by atoms with E-state index in [0.717, 1.165) is 24.1 Å². The molecule has 0 aliphatic carbocycles. The first-order chi connectivity index (χ1) is 14.6. The molecule has 7 nitrogen and oxygen atoms in total. The van der Waals surface area contributed by atoms with Gasteiger partial charge in [-0.3, -0.25) is 4.79 Å². The minimum atomic E-state index is -0.708. The number of piperidine rings is 1. The van der Waals surface area contributed by atoms with Crippen LogP contribution in [-0.2, 0) is 9.53 Å². The molecule has 1 atom stereocenters. The van der Waals surface area contributed by atoms with Crippen LogP contribution in [0.25, 0.3) is 17.1 Å². The normalized spacial score (nSPS) is 16.3. The topological polar surface area (TPSA) is 77.3 Å². The van der Waals surface area contributed by atoms with E-state index < -0.39 is 5.97 Å². The standard InChI is InChI=1S/C23H24N4O3/c1-17-9-8-14-26(15-17)20(28)16-30-23(29)21-24-22(18-10-4-2-5-11-18)27(25-21)19-12-6-3-7-13-19/h2-7,10-13,17H,8-9,14-16H2,1H3/t17-/m0/s1. The van der Waals surface area contributed by atoms with Crippen molar-refractivity contribution in [2.24, 2.45) is 5.92 Å². The lowest BCUT2D eigenvalue weighted by molar-refractivity contribution is -0.136. The van der Waals surface area contributed by atoms with E-state index in [1.807, 2.05) is 60.7 Å². The van der Waals surface area contributed by atoms with Crippen molar-refractivity contribution in [3.05, 3.63) is 66.5 Å². The van der Waals surface area contributed by atoms with Crippen molar-refractivity contribution in [1.29, 1.82) is 0 Å². The number of esters is 1. The Bertz CT molecular complexity index is 960. The third-order valence-electron chi connectivity index (χ3n) is 5.16. The maximum Gasteiger partial charge on any atom is 0.378 e. The monoisotopic (exact) mass is 404 g/mol. The Labute approximate surface area is 175 Å². The molecule has 2 aromatic carbocycles. The number of likely N-dealkylation sites (tertiary alicyclic amines) is 1. The quantitative estimate of drug-likeness (QED) is 0.610. The van der Waals surface area contributed by atoms with Gasteiger partial charge in [-0.2, -0.15) is 0 Å². The zero-order valence-electron chi connectivity index (χ0n) is 16.9. The molecule has 3 aromatic rings. The van der Waals surface area contributed by atoms with E-state index in [4.69, 9.17) is 4.74 Å². The van der Waals surface area contributed by atoms with Gasteiger partial charge in [0.05, 0.1) is 5.69 Å². The summed E-state index contributed by atoms with van der Waals surface area (Å²) < 4.78 is 6.86. The van der Waals surface area contributed by atoms with Crippen LogP contribution in [0.2, 0.25) is 0 Å². The van der Waals surface area contributed by atoms with Crippen molar-refractivity contribution < 1.29 is 14.3 Å². The number of hydrogen-bond acceptors (Lipinski definition) is 5. The van der Waals surface area contributed by atoms with Crippen LogP contribution in [0.15, 0.2) is 60.7 Å². The van der Waals surface area contributed by atoms with E-state index in [1.165, 1.54) is 0 Å². The molecule has 0 spiro atoms. The third-order valence-corrected chi connectivity index (χ3v) is 5.16. The molecular formula is C23H24N4O3. The predicted octanol–water partition coefficient (Wildman–Crippen LogP) is 3.35. The summed E-state index contributed by atoms with van der Waals surface area (Å²) in [5, 5.41) is 4.37. The van der Waals surface area contributed by atoms with Crippen LogP contribution in [-0.4, -0.2) is 51.2 Å². The van der Waals surface area contributed by atoms with Crippen molar-refractivity contribution in [2.45, 2.75) is 19.8 Å². The van der Waals surface area contributed by atoms with Crippen LogP contribution in [0.4, 0.5) is 0 Å². The minimum absolute atomic E-state index is 0.0717. The Morgan fingerprint density at radius 2 is 1.77 bits per heavy atom. The number of nitrogens with zero attached hydrogens (tertiary/aromatic N) is 4. The molecule has 0 bridgehead atoms. The first-order valence-corrected chi connectivity index (χ1v) is 10.1. The molecule has 2 heterocycles. The summed E-state index contributed by atoms with van der Waals surface area (Å²) in [6, 6.07) is 19.0. The Morgan fingerprint density at radius 1 is 1.07 bits per heavy atom. The molecule has 154 valence electrons. The summed E-state index contributed by atoms with van der Waals surface area (Å²) in [4.78, 5) is 31.2. The molecule has 1 fully saturated rings. The van der Waals surface area contributed by atoms with Gasteiger partial charge in [0.2, 0.25) is 0 Å². The molecule has 4 rings (SSSR count). The highest BCUT2D eigenvalue weighted by molar-refractivity contribution is 5.88. The van der Waals surface area contributed by atoms with Gasteiger partial charge in [-0.15, -0.1) is 5.10 Å². The lowest BCUT2D eigenvalue weighted by Gasteiger charge is -2.30. The SMILES string of the molecule is C[C@H]1CCCN(C(=O)COC(=O)c2nc(-c3ccccc3)n(-c3ccccc3)n2)C1. The third kappa shape index (κ3) is 4.40. The first kappa shape index (κ1) is 19.8. The summed E-state index contributed by atoms with van der Waals surface area (Å²) in [6.07, 6.45) is 2.09. The van der Waals surface area contributed by atoms with E-state index in [-0.39, 0.29) is 18.3 Å². The molecule has 7 heteroatoms. The number of amides is 1. The summed E-state index contributed by atoms with van der Waals surface area (Å²) >= 11 is 0. The van der Waals surface area contributed by atoms with Gasteiger partial charge in [0.1, 0.15) is 0 Å². The van der Waals surface area contributed by atoms with Crippen molar-refractivity contribution in [3.8, 4) is 17.1 Å². The number of carbonyl (C=O) groups is 2. The molecule has 0 radical (unpaired) electrons. The van der Waals surface area contributed by atoms with Crippen LogP contribution < -0.4 is 0 Å². The lowest BCUT2D eigenvalue weighted by Crippen LogP contribution is -2.41. The number of ether oxygens (including phenoxy) is 1. The average Bonchev–Trinajstić information content (AvgIpc) is 3.24. The van der Waals surface area contributed by atoms with Gasteiger partial charge in [0.15, 0.2) is 12.4 Å². The highest BCUT2D eigenvalue weighted by Crippen LogP contribution is 2.21. The largest absolute Gasteiger partial charge is 0.450 e. The van der Waals surface area contributed by atoms with Crippen LogP contribution in [0.3, 0.4) is 0 Å². The molecule has 30 heavy (non-hydrogen) atoms. The number of hydrogen-bond donors (Lipinski definition) is 0. The fourth-order valence-electron chi connectivity index (χ4n) is 3.62. The minimum Gasteiger partial charge on any atom is -0.450 e. The Balaban J connectivity index is 1.53. The molecule has 1 amide bonds. The molecule has 1 aliphatic heterocycles. The van der Waals surface area contributed by atoms with E-state index in [9.17, 15) is 9.59 Å². The van der Waals surface area contributed by atoms with Gasteiger partial charge in [-0.25, -0.2) is 14.5 Å². The molecule has 0 N–H and O–H groups in total. The first-order valence-electron chi connectivity index (χ1n) is 10.1. The Morgan fingerprint density at radius 3 is 2.47 bits per heavy atom. The van der Waals surface area contributed by atoms with Crippen molar-refractivity contribution >= 4 is 11.9 Å². The fourth-order valence-corrected chi connectivity index (χ4v) is 3.62. The van der Waals surface area contributed by atoms with Gasteiger partial charge in [-0.05, 0) is 30.9 Å². The second-order valence-electron chi connectivity index (χ2n) is 7.54. The average molecular weight is 404 g/mol. The van der Waals surface area contributed by atoms with Crippen molar-refractivity contribution in [2.75, 3.05) is 19.7 Å². The van der Waals surface area contributed by atoms with Gasteiger partial charge >= 0.3 is 5.97 Å². The number of benzene rings is 2. The number of carbonyl (C=O) groups excluding carboxylic acids is 2. The predicted molar refractivity (Wildman–Crippen MR) is 112 cm³/mol. The summed E-state index contributed by atoms with van der Waals surface area (Å²) in [6.45, 7) is 3.23. The number of aromatic nitrogens is 3. The lowest BCUT2D eigenvalue weighted by atomic mass is 10.0. The van der Waals surface area contributed by atoms with Crippen LogP contribution in [0.1, 0.15) is 30.4 Å². The maximum absolute atomic E-state index is 12.6. The molecule has 1 saturated heterocycles. The van der Waals surface area contributed by atoms with Crippen molar-refractivity contribution in [1.82, 2.24) is 19.7 Å². The highest BCUT2D eigenvalue weighted by atomic mass is 16.5. The zero-order valence-corrected chi connectivity index (χ0v) is 16.9. The van der Waals surface area contributed by atoms with E-state index in [2.05, 4.69) is 17.0 Å². The number of rotatable bonds is 5. The zero-order chi connectivity index (χ0) is 20.9. The molecule has 0 unspecified atom stereocenters. The van der Waals surface area contributed by atoms with Gasteiger partial charge in [0, 0.05) is 18.7 Å². The van der Waals surface area contributed by atoms with E-state index in [1.54, 1.807) is 9.58 Å². The highest BCUT2D eigenvalue weighted by Gasteiger charge is 2.24. The second-order valence-corrected chi connectivity index (χ2v) is 7.54. The summed E-state index contributed by atoms with van der Waals surface area (Å²) in [5.74, 6) is 0.0402. The van der Waals surface area contributed by atoms with E-state index >= 15 is 0 Å². The fraction of sp³-hybridized carbons (Fsp3) is 0.304. The maximum atomic E-state index is 12.6. The van der Waals surface area contributed by atoms with Gasteiger partial charge in [0.25, 0.3) is 11.7 Å². The molecular weight excluding hydrogens is 380 g/mol. The van der Waals surface area contributed by atoms with Crippen LogP contribution >= 0.6 is 0 Å². The molecule has 1 aliphatic rings. The molecule has 0 saturated carbocycles. The van der Waals surface area contributed by atoms with Crippen molar-refractivity contribution in [3.63, 3.8) is 0 Å². The van der Waals surface area contributed by atoms with E-state index in [0.29, 0.717) is 24.8 Å². The van der Waals surface area contributed by atoms with Crippen LogP contribution in [0, 0.1) is 5.92 Å². The summed E-state index contributed by atoms with van der Waals surface area (Å²) in [5.41, 5.74) is 1.60. The summed E-state index contributed by atoms with van der Waals surface area (Å²) in [7, 11) is 0. The Kier molecular flexibility index (Phi) is 5.88. The second kappa shape index (κ2) is 8.90. The smallest absolute Gasteiger partial charge is 0.378 e.